The van der Waals surface area contributed by atoms with Crippen molar-refractivity contribution >= 4 is 24.5 Å². The molecule has 1 heterocycles. The molecule has 0 spiro atoms. The maximum atomic E-state index is 12.1. The highest BCUT2D eigenvalue weighted by molar-refractivity contribution is 6.99. The summed E-state index contributed by atoms with van der Waals surface area (Å²) < 4.78 is 13.5. The van der Waals surface area contributed by atoms with Gasteiger partial charge in [-0.25, -0.2) is 0 Å². The third kappa shape index (κ3) is 6.11. The van der Waals surface area contributed by atoms with Crippen LogP contribution >= 0.6 is 0 Å². The van der Waals surface area contributed by atoms with Crippen LogP contribution in [-0.4, -0.2) is 32.9 Å². The Morgan fingerprint density at radius 2 is 1.61 bits per heavy atom. The second kappa shape index (κ2) is 11.4. The van der Waals surface area contributed by atoms with Crippen LogP contribution in [-0.2, 0) is 14.0 Å². The molecule has 1 saturated heterocycles. The molecule has 4 heteroatoms. The molecule has 2 aromatic carbocycles. The molecule has 3 rings (SSSR count). The lowest BCUT2D eigenvalue weighted by Crippen LogP contribution is -2.66. The van der Waals surface area contributed by atoms with Crippen molar-refractivity contribution in [3.63, 3.8) is 0 Å². The van der Waals surface area contributed by atoms with Crippen molar-refractivity contribution in [2.24, 2.45) is 5.92 Å². The number of carbonyl (C=O) groups excluding carboxylic acids is 1. The van der Waals surface area contributed by atoms with E-state index in [0.717, 1.165) is 19.3 Å². The molecule has 0 unspecified atom stereocenters. The summed E-state index contributed by atoms with van der Waals surface area (Å²) in [4.78, 5) is 12.1. The van der Waals surface area contributed by atoms with Crippen LogP contribution in [0.5, 0.6) is 0 Å². The monoisotopic (exact) mass is 464 g/mol. The Labute approximate surface area is 201 Å². The quantitative estimate of drug-likeness (QED) is 0.354. The first-order chi connectivity index (χ1) is 15.8. The zero-order valence-corrected chi connectivity index (χ0v) is 21.9. The van der Waals surface area contributed by atoms with Crippen molar-refractivity contribution in [2.45, 2.75) is 77.5 Å². The Kier molecular flexibility index (Phi) is 8.86. The van der Waals surface area contributed by atoms with Crippen molar-refractivity contribution in [2.75, 3.05) is 6.61 Å². The number of hydrogen-bond acceptors (Lipinski definition) is 3. The van der Waals surface area contributed by atoms with Crippen LogP contribution in [0, 0.1) is 5.92 Å². The number of benzene rings is 2. The standard InChI is InChI=1S/C29H40O3Si/c1-6-13-24(30)22-25-19-18-23(2)28(32-25)20-21-31-33(29(3,4)5,26-14-9-7-10-15-26)27-16-11-8-12-17-27/h6-17,23,25,28H,18-22H2,1-5H3/b13-6+/t23-,25-,28+/m1/s1. The van der Waals surface area contributed by atoms with Crippen LogP contribution < -0.4 is 10.4 Å². The number of ether oxygens (including phenoxy) is 1. The third-order valence-corrected chi connectivity index (χ3v) is 11.9. The number of ketones is 1. The van der Waals surface area contributed by atoms with E-state index in [1.165, 1.54) is 10.4 Å². The van der Waals surface area contributed by atoms with E-state index in [0.29, 0.717) is 18.9 Å². The summed E-state index contributed by atoms with van der Waals surface area (Å²) in [5, 5.41) is 2.57. The van der Waals surface area contributed by atoms with Gasteiger partial charge in [-0.1, -0.05) is 94.4 Å². The number of hydrogen-bond donors (Lipinski definition) is 0. The summed E-state index contributed by atoms with van der Waals surface area (Å²) >= 11 is 0. The van der Waals surface area contributed by atoms with Crippen molar-refractivity contribution in [1.82, 2.24) is 0 Å². The van der Waals surface area contributed by atoms with Crippen LogP contribution in [0.4, 0.5) is 0 Å². The minimum Gasteiger partial charge on any atom is -0.407 e. The number of carbonyl (C=O) groups is 1. The van der Waals surface area contributed by atoms with Gasteiger partial charge >= 0.3 is 0 Å². The highest BCUT2D eigenvalue weighted by Gasteiger charge is 2.50. The van der Waals surface area contributed by atoms with Crippen LogP contribution in [0.25, 0.3) is 0 Å². The van der Waals surface area contributed by atoms with Gasteiger partial charge in [-0.05, 0) is 53.6 Å². The van der Waals surface area contributed by atoms with Gasteiger partial charge in [-0.3, -0.25) is 4.79 Å². The molecule has 1 aliphatic rings. The van der Waals surface area contributed by atoms with E-state index in [1.807, 2.05) is 13.0 Å². The van der Waals surface area contributed by atoms with Crippen molar-refractivity contribution < 1.29 is 14.0 Å². The lowest BCUT2D eigenvalue weighted by molar-refractivity contribution is -0.124. The number of allylic oxidation sites excluding steroid dienone is 2. The van der Waals surface area contributed by atoms with Gasteiger partial charge in [-0.2, -0.15) is 0 Å². The molecule has 0 aromatic heterocycles. The second-order valence-electron chi connectivity index (χ2n) is 10.3. The summed E-state index contributed by atoms with van der Waals surface area (Å²) in [6.07, 6.45) is 6.98. The maximum absolute atomic E-state index is 12.1. The van der Waals surface area contributed by atoms with Crippen molar-refractivity contribution in [3.8, 4) is 0 Å². The second-order valence-corrected chi connectivity index (χ2v) is 14.6. The molecule has 0 bridgehead atoms. The van der Waals surface area contributed by atoms with E-state index < -0.39 is 8.32 Å². The van der Waals surface area contributed by atoms with E-state index in [-0.39, 0.29) is 23.0 Å². The summed E-state index contributed by atoms with van der Waals surface area (Å²) in [5.41, 5.74) is 0. The largest absolute Gasteiger partial charge is 0.407 e. The van der Waals surface area contributed by atoms with Crippen molar-refractivity contribution in [3.05, 3.63) is 72.8 Å². The predicted molar refractivity (Wildman–Crippen MR) is 140 cm³/mol. The number of rotatable bonds is 9. The molecule has 0 aliphatic carbocycles. The van der Waals surface area contributed by atoms with Gasteiger partial charge in [0.05, 0.1) is 12.2 Å². The minimum absolute atomic E-state index is 0.0164. The Morgan fingerprint density at radius 1 is 1.03 bits per heavy atom. The van der Waals surface area contributed by atoms with Gasteiger partial charge in [-0.15, -0.1) is 0 Å². The highest BCUT2D eigenvalue weighted by atomic mass is 28.4. The van der Waals surface area contributed by atoms with Gasteiger partial charge in [0.2, 0.25) is 0 Å². The Morgan fingerprint density at radius 3 is 2.12 bits per heavy atom. The normalized spacial score (nSPS) is 21.9. The SMILES string of the molecule is C/C=C/C(=O)C[C@H]1CC[C@@H](C)[C@H](CCO[Si](c2ccccc2)(c2ccccc2)C(C)(C)C)O1. The summed E-state index contributed by atoms with van der Waals surface area (Å²) in [7, 11) is -2.53. The fraction of sp³-hybridized carbons (Fsp3) is 0.483. The molecule has 178 valence electrons. The van der Waals surface area contributed by atoms with Crippen molar-refractivity contribution in [1.29, 1.82) is 0 Å². The van der Waals surface area contributed by atoms with E-state index in [4.69, 9.17) is 9.16 Å². The fourth-order valence-electron chi connectivity index (χ4n) is 5.15. The molecule has 1 fully saturated rings. The van der Waals surface area contributed by atoms with Crippen LogP contribution in [0.1, 0.15) is 60.3 Å². The first kappa shape index (κ1) is 25.6. The van der Waals surface area contributed by atoms with E-state index in [2.05, 4.69) is 88.4 Å². The predicted octanol–water partition coefficient (Wildman–Crippen LogP) is 5.67. The molecule has 3 nitrogen and oxygen atoms in total. The molecule has 3 atom stereocenters. The fourth-order valence-corrected chi connectivity index (χ4v) is 9.73. The summed E-state index contributed by atoms with van der Waals surface area (Å²) in [6, 6.07) is 21.5. The van der Waals surface area contributed by atoms with Crippen LogP contribution in [0.3, 0.4) is 0 Å². The zero-order valence-electron chi connectivity index (χ0n) is 20.9. The maximum Gasteiger partial charge on any atom is 0.261 e. The van der Waals surface area contributed by atoms with E-state index >= 15 is 0 Å². The molecular formula is C29H40O3Si. The smallest absolute Gasteiger partial charge is 0.261 e. The Hall–Kier alpha value is -2.01. The summed E-state index contributed by atoms with van der Waals surface area (Å²) in [6.45, 7) is 11.7. The average Bonchev–Trinajstić information content (AvgIpc) is 2.79. The summed E-state index contributed by atoms with van der Waals surface area (Å²) in [5.74, 6) is 0.625. The highest BCUT2D eigenvalue weighted by Crippen LogP contribution is 2.37. The van der Waals surface area contributed by atoms with Gasteiger partial charge in [0.1, 0.15) is 0 Å². The van der Waals surface area contributed by atoms with Gasteiger partial charge in [0.25, 0.3) is 8.32 Å². The molecule has 0 radical (unpaired) electrons. The molecular weight excluding hydrogens is 424 g/mol. The Balaban J connectivity index is 1.79. The first-order valence-corrected chi connectivity index (χ1v) is 14.2. The van der Waals surface area contributed by atoms with E-state index in [9.17, 15) is 4.79 Å². The minimum atomic E-state index is -2.53. The first-order valence-electron chi connectivity index (χ1n) is 12.3. The third-order valence-electron chi connectivity index (χ3n) is 6.87. The van der Waals surface area contributed by atoms with Crippen LogP contribution in [0.15, 0.2) is 72.8 Å². The molecule has 0 N–H and O–H groups in total. The Bertz CT molecular complexity index is 862. The molecule has 33 heavy (non-hydrogen) atoms. The molecule has 0 saturated carbocycles. The van der Waals surface area contributed by atoms with Gasteiger partial charge in [0.15, 0.2) is 5.78 Å². The topological polar surface area (TPSA) is 35.5 Å². The van der Waals surface area contributed by atoms with E-state index in [1.54, 1.807) is 6.08 Å². The lowest BCUT2D eigenvalue weighted by Gasteiger charge is -2.43. The lowest BCUT2D eigenvalue weighted by atomic mass is 9.90. The molecule has 1 aliphatic heterocycles. The zero-order chi connectivity index (χ0) is 23.9. The van der Waals surface area contributed by atoms with Gasteiger partial charge in [0, 0.05) is 13.0 Å². The van der Waals surface area contributed by atoms with Crippen LogP contribution in [0.2, 0.25) is 5.04 Å². The average molecular weight is 465 g/mol. The molecule has 0 amide bonds. The molecule has 2 aromatic rings. The van der Waals surface area contributed by atoms with Gasteiger partial charge < -0.3 is 9.16 Å².